The number of carboxylic acid groups (broad SMARTS) is 1. The SMILES string of the molecule is COc1ccc(Cl)c(OCC2CC3CC3N2c2cc3c(cc2F)c(=O)c(C(=O)O)cn3-c2ccnc(N)c2)n1. The van der Waals surface area contributed by atoms with E-state index in [0.717, 1.165) is 18.9 Å². The number of rotatable bonds is 7. The van der Waals surface area contributed by atoms with Crippen LogP contribution in [0.4, 0.5) is 15.9 Å². The molecule has 3 N–H and O–H groups in total. The number of pyridine rings is 3. The molecule has 12 heteroatoms. The van der Waals surface area contributed by atoms with Crippen LogP contribution < -0.4 is 25.5 Å². The van der Waals surface area contributed by atoms with Crippen LogP contribution in [-0.4, -0.2) is 51.4 Å². The highest BCUT2D eigenvalue weighted by molar-refractivity contribution is 6.31. The van der Waals surface area contributed by atoms with E-state index < -0.39 is 22.8 Å². The van der Waals surface area contributed by atoms with Gasteiger partial charge in [0.15, 0.2) is 0 Å². The van der Waals surface area contributed by atoms with E-state index in [-0.39, 0.29) is 35.8 Å². The predicted octanol–water partition coefficient (Wildman–Crippen LogP) is 3.91. The number of hydrogen-bond acceptors (Lipinski definition) is 8. The number of aromatic nitrogens is 3. The third kappa shape index (κ3) is 4.38. The fraction of sp³-hybridized carbons (Fsp3) is 0.259. The van der Waals surface area contributed by atoms with Gasteiger partial charge in [-0.2, -0.15) is 4.98 Å². The van der Waals surface area contributed by atoms with E-state index in [4.69, 9.17) is 26.8 Å². The normalized spacial score (nSPS) is 19.7. The van der Waals surface area contributed by atoms with E-state index >= 15 is 4.39 Å². The Kier molecular flexibility index (Phi) is 6.02. The summed E-state index contributed by atoms with van der Waals surface area (Å²) in [5.74, 6) is -0.861. The Morgan fingerprint density at radius 1 is 1.26 bits per heavy atom. The van der Waals surface area contributed by atoms with Gasteiger partial charge in [0.2, 0.25) is 17.2 Å². The topological polar surface area (TPSA) is 133 Å². The Morgan fingerprint density at radius 2 is 2.08 bits per heavy atom. The number of fused-ring (bicyclic) bond motifs is 2. The lowest BCUT2D eigenvalue weighted by Gasteiger charge is -2.30. The lowest BCUT2D eigenvalue weighted by Crippen LogP contribution is -2.38. The molecule has 3 atom stereocenters. The van der Waals surface area contributed by atoms with Gasteiger partial charge in [0, 0.05) is 36.0 Å². The first kappa shape index (κ1) is 24.9. The fourth-order valence-corrected chi connectivity index (χ4v) is 5.52. The molecule has 200 valence electrons. The second kappa shape index (κ2) is 9.42. The lowest BCUT2D eigenvalue weighted by molar-refractivity contribution is 0.0695. The van der Waals surface area contributed by atoms with Crippen LogP contribution in [0.5, 0.6) is 11.8 Å². The summed E-state index contributed by atoms with van der Waals surface area (Å²) < 4.78 is 28.3. The number of ether oxygens (including phenoxy) is 2. The van der Waals surface area contributed by atoms with Crippen LogP contribution >= 0.6 is 11.6 Å². The van der Waals surface area contributed by atoms with Crippen LogP contribution in [0.2, 0.25) is 5.02 Å². The van der Waals surface area contributed by atoms with Crippen molar-refractivity contribution in [3.63, 3.8) is 0 Å². The molecule has 4 aromatic rings. The number of nitrogens with two attached hydrogens (primary N) is 1. The minimum absolute atomic E-state index is 0.0572. The molecule has 1 aliphatic heterocycles. The van der Waals surface area contributed by atoms with Gasteiger partial charge in [0.1, 0.15) is 28.8 Å². The molecule has 39 heavy (non-hydrogen) atoms. The van der Waals surface area contributed by atoms with Gasteiger partial charge < -0.3 is 29.8 Å². The second-order valence-corrected chi connectivity index (χ2v) is 10.0. The van der Waals surface area contributed by atoms with Crippen molar-refractivity contribution >= 4 is 40.0 Å². The Labute approximate surface area is 226 Å². The summed E-state index contributed by atoms with van der Waals surface area (Å²) >= 11 is 6.25. The van der Waals surface area contributed by atoms with Gasteiger partial charge in [-0.3, -0.25) is 4.79 Å². The van der Waals surface area contributed by atoms with Crippen molar-refractivity contribution in [1.82, 2.24) is 14.5 Å². The van der Waals surface area contributed by atoms with Crippen LogP contribution in [0, 0.1) is 11.7 Å². The third-order valence-electron chi connectivity index (χ3n) is 7.24. The van der Waals surface area contributed by atoms with E-state index in [2.05, 4.69) is 9.97 Å². The molecule has 10 nitrogen and oxygen atoms in total. The molecule has 3 aromatic heterocycles. The molecule has 0 bridgehead atoms. The number of hydrogen-bond donors (Lipinski definition) is 2. The highest BCUT2D eigenvalue weighted by atomic mass is 35.5. The second-order valence-electron chi connectivity index (χ2n) is 9.62. The number of nitrogens with zero attached hydrogens (tertiary/aromatic N) is 4. The monoisotopic (exact) mass is 551 g/mol. The van der Waals surface area contributed by atoms with Crippen molar-refractivity contribution in [2.75, 3.05) is 24.4 Å². The largest absolute Gasteiger partial charge is 0.481 e. The first-order valence-corrected chi connectivity index (χ1v) is 12.6. The van der Waals surface area contributed by atoms with Gasteiger partial charge in [-0.05, 0) is 43.0 Å². The average Bonchev–Trinajstić information content (AvgIpc) is 3.58. The first-order valence-electron chi connectivity index (χ1n) is 12.2. The van der Waals surface area contributed by atoms with Gasteiger partial charge >= 0.3 is 5.97 Å². The molecule has 2 fully saturated rings. The van der Waals surface area contributed by atoms with Crippen molar-refractivity contribution in [2.24, 2.45) is 5.92 Å². The van der Waals surface area contributed by atoms with Gasteiger partial charge in [0.25, 0.3) is 0 Å². The van der Waals surface area contributed by atoms with E-state index in [1.54, 1.807) is 30.3 Å². The Hall–Kier alpha value is -4.38. The van der Waals surface area contributed by atoms with Crippen molar-refractivity contribution < 1.29 is 23.8 Å². The van der Waals surface area contributed by atoms with E-state index in [0.29, 0.717) is 33.7 Å². The van der Waals surface area contributed by atoms with Crippen LogP contribution in [0.3, 0.4) is 0 Å². The molecular weight excluding hydrogens is 529 g/mol. The molecule has 2 aliphatic rings. The van der Waals surface area contributed by atoms with E-state index in [9.17, 15) is 14.7 Å². The number of carbonyl (C=O) groups is 1. The maximum absolute atomic E-state index is 15.7. The molecular formula is C27H23ClFN5O5. The Morgan fingerprint density at radius 3 is 2.82 bits per heavy atom. The van der Waals surface area contributed by atoms with Gasteiger partial charge in [0.05, 0.1) is 30.0 Å². The van der Waals surface area contributed by atoms with Crippen molar-refractivity contribution in [3.05, 3.63) is 75.4 Å². The van der Waals surface area contributed by atoms with Crippen molar-refractivity contribution in [1.29, 1.82) is 0 Å². The summed E-state index contributed by atoms with van der Waals surface area (Å²) in [5, 5.41) is 9.91. The van der Waals surface area contributed by atoms with Gasteiger partial charge in [-0.25, -0.2) is 14.2 Å². The Bertz CT molecular complexity index is 1700. The smallest absolute Gasteiger partial charge is 0.341 e. The molecule has 3 unspecified atom stereocenters. The van der Waals surface area contributed by atoms with Gasteiger partial charge in [-0.1, -0.05) is 11.6 Å². The number of aromatic carboxylic acids is 1. The molecule has 6 rings (SSSR count). The molecule has 1 aliphatic carbocycles. The molecule has 0 radical (unpaired) electrons. The molecule has 0 spiro atoms. The average molecular weight is 552 g/mol. The fourth-order valence-electron chi connectivity index (χ4n) is 5.36. The zero-order valence-corrected chi connectivity index (χ0v) is 21.4. The molecule has 1 saturated heterocycles. The van der Waals surface area contributed by atoms with Crippen LogP contribution in [0.25, 0.3) is 16.6 Å². The molecule has 0 amide bonds. The number of methoxy groups -OCH3 is 1. The summed E-state index contributed by atoms with van der Waals surface area (Å²) in [6.07, 6.45) is 4.40. The number of anilines is 2. The first-order chi connectivity index (χ1) is 18.7. The summed E-state index contributed by atoms with van der Waals surface area (Å²) in [6, 6.07) is 9.06. The van der Waals surface area contributed by atoms with Crippen molar-refractivity contribution in [2.45, 2.75) is 24.9 Å². The highest BCUT2D eigenvalue weighted by Crippen LogP contribution is 2.50. The minimum Gasteiger partial charge on any atom is -0.481 e. The third-order valence-corrected chi connectivity index (χ3v) is 7.53. The summed E-state index contributed by atoms with van der Waals surface area (Å²) in [7, 11) is 1.49. The van der Waals surface area contributed by atoms with E-state index in [1.165, 1.54) is 24.1 Å². The number of benzene rings is 1. The number of piperidine rings is 1. The molecule has 4 heterocycles. The Balaban J connectivity index is 1.43. The van der Waals surface area contributed by atoms with E-state index in [1.807, 2.05) is 4.90 Å². The quantitative estimate of drug-likeness (QED) is 0.351. The lowest BCUT2D eigenvalue weighted by atomic mass is 10.1. The summed E-state index contributed by atoms with van der Waals surface area (Å²) in [6.45, 7) is 0.204. The highest BCUT2D eigenvalue weighted by Gasteiger charge is 2.53. The minimum atomic E-state index is -1.41. The van der Waals surface area contributed by atoms with Gasteiger partial charge in [-0.15, -0.1) is 0 Å². The van der Waals surface area contributed by atoms with Crippen LogP contribution in [-0.2, 0) is 0 Å². The summed E-state index contributed by atoms with van der Waals surface area (Å²) in [5.41, 5.74) is 5.73. The van der Waals surface area contributed by atoms with Crippen LogP contribution in [0.15, 0.2) is 53.6 Å². The summed E-state index contributed by atoms with van der Waals surface area (Å²) in [4.78, 5) is 35.1. The zero-order valence-electron chi connectivity index (χ0n) is 20.7. The zero-order chi connectivity index (χ0) is 27.4. The molecule has 1 aromatic carbocycles. The maximum Gasteiger partial charge on any atom is 0.341 e. The number of carboxylic acids is 1. The predicted molar refractivity (Wildman–Crippen MR) is 143 cm³/mol. The number of halogens is 2. The maximum atomic E-state index is 15.7. The molecule has 1 saturated carbocycles. The number of nitrogen functional groups attached to an aromatic ring is 1. The van der Waals surface area contributed by atoms with Crippen molar-refractivity contribution in [3.8, 4) is 17.4 Å². The van der Waals surface area contributed by atoms with Crippen LogP contribution in [0.1, 0.15) is 23.2 Å². The standard InChI is InChI=1S/C27H23ClFN5O5/c1-38-24-3-2-18(28)26(32-24)39-12-15-6-13-7-20(13)34(15)22-10-21-16(9-19(22)29)25(35)17(27(36)37)11-33(21)14-4-5-31-23(30)8-14/h2-5,8-11,13,15,20H,6-7,12H2,1H3,(H2,30,31)(H,36,37).